The van der Waals surface area contributed by atoms with Gasteiger partial charge < -0.3 is 4.98 Å². The molecule has 10 heavy (non-hydrogen) atoms. The monoisotopic (exact) mass is 138 g/mol. The van der Waals surface area contributed by atoms with Crippen molar-refractivity contribution in [3.63, 3.8) is 0 Å². The summed E-state index contributed by atoms with van der Waals surface area (Å²) in [6.07, 6.45) is 2.50. The lowest BCUT2D eigenvalue weighted by Gasteiger charge is -1.88. The summed E-state index contributed by atoms with van der Waals surface area (Å²) in [6, 6.07) is 0. The van der Waals surface area contributed by atoms with Gasteiger partial charge in [-0.3, -0.25) is 9.59 Å². The Morgan fingerprint density at radius 3 is 2.80 bits per heavy atom. The third kappa shape index (κ3) is 1.10. The lowest BCUT2D eigenvalue weighted by Crippen LogP contribution is -2.15. The number of hydrogen-bond acceptors (Lipinski definition) is 3. The van der Waals surface area contributed by atoms with Gasteiger partial charge in [-0.1, -0.05) is 0 Å². The quantitative estimate of drug-likeness (QED) is 0.554. The van der Waals surface area contributed by atoms with Crippen LogP contribution in [0.25, 0.3) is 0 Å². The first-order valence-electron chi connectivity index (χ1n) is 2.75. The van der Waals surface area contributed by atoms with Crippen molar-refractivity contribution in [3.8, 4) is 0 Å². The van der Waals surface area contributed by atoms with Crippen LogP contribution >= 0.6 is 0 Å². The van der Waals surface area contributed by atoms with E-state index in [0.717, 1.165) is 0 Å². The molecule has 52 valence electrons. The lowest BCUT2D eigenvalue weighted by molar-refractivity contribution is 0.101. The van der Waals surface area contributed by atoms with Gasteiger partial charge in [0.15, 0.2) is 5.78 Å². The topological polar surface area (TPSA) is 62.8 Å². The molecule has 1 rings (SSSR count). The van der Waals surface area contributed by atoms with Crippen molar-refractivity contribution in [2.24, 2.45) is 0 Å². The van der Waals surface area contributed by atoms with Gasteiger partial charge in [-0.2, -0.15) is 0 Å². The molecule has 4 heteroatoms. The van der Waals surface area contributed by atoms with E-state index in [1.54, 1.807) is 0 Å². The maximum absolute atomic E-state index is 10.7. The molecule has 0 amide bonds. The van der Waals surface area contributed by atoms with Crippen LogP contribution in [0.2, 0.25) is 0 Å². The normalized spacial score (nSPS) is 9.30. The zero-order valence-electron chi connectivity index (χ0n) is 5.42. The smallest absolute Gasteiger partial charge is 0.261 e. The fourth-order valence-electron chi connectivity index (χ4n) is 0.595. The molecule has 0 saturated heterocycles. The fourth-order valence-corrected chi connectivity index (χ4v) is 0.595. The molecule has 0 aliphatic heterocycles. The Labute approximate surface area is 56.9 Å². The van der Waals surface area contributed by atoms with Crippen LogP contribution in [-0.2, 0) is 0 Å². The molecule has 0 aromatic carbocycles. The minimum Gasteiger partial charge on any atom is -0.313 e. The summed E-state index contributed by atoms with van der Waals surface area (Å²) in [5.41, 5.74) is -0.287. The zero-order chi connectivity index (χ0) is 7.56. The van der Waals surface area contributed by atoms with Crippen molar-refractivity contribution in [3.05, 3.63) is 28.4 Å². The molecule has 0 aliphatic carbocycles. The molecule has 1 heterocycles. The predicted molar refractivity (Wildman–Crippen MR) is 34.9 cm³/mol. The number of nitrogens with zero attached hydrogens (tertiary/aromatic N) is 1. The van der Waals surface area contributed by atoms with Gasteiger partial charge in [-0.25, -0.2) is 4.98 Å². The first-order valence-corrected chi connectivity index (χ1v) is 2.75. The third-order valence-corrected chi connectivity index (χ3v) is 1.10. The Balaban J connectivity index is 3.29. The Hall–Kier alpha value is -1.45. The number of Topliss-reactive ketones (excluding diaryl/α,β-unsaturated/α-hetero) is 1. The highest BCUT2D eigenvalue weighted by atomic mass is 16.1. The average molecular weight is 138 g/mol. The fraction of sp³-hybridized carbons (Fsp3) is 0.167. The molecule has 0 saturated carbocycles. The van der Waals surface area contributed by atoms with E-state index in [1.165, 1.54) is 19.4 Å². The van der Waals surface area contributed by atoms with E-state index in [9.17, 15) is 9.59 Å². The summed E-state index contributed by atoms with van der Waals surface area (Å²) in [5.74, 6) is -0.269. The summed E-state index contributed by atoms with van der Waals surface area (Å²) in [6.45, 7) is 1.33. The van der Waals surface area contributed by atoms with E-state index in [1.807, 2.05) is 0 Å². The standard InChI is InChI=1S/C6H6N2O2/c1-4(9)5-2-7-3-8-6(5)10/h2-3H,1H3,(H,7,8,10). The molecule has 1 N–H and O–H groups in total. The molecular weight excluding hydrogens is 132 g/mol. The van der Waals surface area contributed by atoms with Crippen molar-refractivity contribution in [1.82, 2.24) is 9.97 Å². The molecule has 0 radical (unpaired) electrons. The minimum atomic E-state index is -0.387. The number of aromatic nitrogens is 2. The Bertz CT molecular complexity index is 303. The third-order valence-electron chi connectivity index (χ3n) is 1.10. The van der Waals surface area contributed by atoms with E-state index < -0.39 is 0 Å². The van der Waals surface area contributed by atoms with Crippen LogP contribution in [0.5, 0.6) is 0 Å². The van der Waals surface area contributed by atoms with Gasteiger partial charge in [-0.15, -0.1) is 0 Å². The number of carbonyl (C=O) groups is 1. The zero-order valence-corrected chi connectivity index (χ0v) is 5.42. The van der Waals surface area contributed by atoms with Crippen molar-refractivity contribution in [1.29, 1.82) is 0 Å². The SMILES string of the molecule is CC(=O)c1cnc[nH]c1=O. The summed E-state index contributed by atoms with van der Waals surface area (Å²) >= 11 is 0. The molecular formula is C6H6N2O2. The first-order chi connectivity index (χ1) is 4.72. The Morgan fingerprint density at radius 1 is 1.70 bits per heavy atom. The van der Waals surface area contributed by atoms with Crippen molar-refractivity contribution in [2.75, 3.05) is 0 Å². The predicted octanol–water partition coefficient (Wildman–Crippen LogP) is -0.0275. The molecule has 0 atom stereocenters. The second kappa shape index (κ2) is 2.43. The van der Waals surface area contributed by atoms with E-state index >= 15 is 0 Å². The van der Waals surface area contributed by atoms with Crippen LogP contribution in [0, 0.1) is 0 Å². The van der Waals surface area contributed by atoms with Gasteiger partial charge >= 0.3 is 0 Å². The second-order valence-corrected chi connectivity index (χ2v) is 1.85. The second-order valence-electron chi connectivity index (χ2n) is 1.85. The number of H-pyrrole nitrogens is 1. The molecule has 4 nitrogen and oxygen atoms in total. The maximum atomic E-state index is 10.7. The highest BCUT2D eigenvalue weighted by Gasteiger charge is 2.02. The largest absolute Gasteiger partial charge is 0.313 e. The van der Waals surface area contributed by atoms with Gasteiger partial charge in [0.2, 0.25) is 0 Å². The van der Waals surface area contributed by atoms with Crippen molar-refractivity contribution >= 4 is 5.78 Å². The van der Waals surface area contributed by atoms with E-state index in [-0.39, 0.29) is 16.9 Å². The average Bonchev–Trinajstić information content (AvgIpc) is 1.88. The number of rotatable bonds is 1. The summed E-state index contributed by atoms with van der Waals surface area (Å²) in [7, 11) is 0. The molecule has 1 aromatic heterocycles. The minimum absolute atomic E-state index is 0.0995. The molecule has 0 fully saturated rings. The van der Waals surface area contributed by atoms with E-state index in [2.05, 4.69) is 9.97 Å². The molecule has 0 unspecified atom stereocenters. The highest BCUT2D eigenvalue weighted by Crippen LogP contribution is 1.85. The van der Waals surface area contributed by atoms with Crippen LogP contribution in [-0.4, -0.2) is 15.8 Å². The van der Waals surface area contributed by atoms with Crippen LogP contribution in [0.4, 0.5) is 0 Å². The maximum Gasteiger partial charge on any atom is 0.261 e. The summed E-state index contributed by atoms with van der Waals surface area (Å²) < 4.78 is 0. The van der Waals surface area contributed by atoms with Crippen molar-refractivity contribution in [2.45, 2.75) is 6.92 Å². The first kappa shape index (κ1) is 6.67. The van der Waals surface area contributed by atoms with Crippen LogP contribution in [0.1, 0.15) is 17.3 Å². The molecule has 0 spiro atoms. The molecule has 0 bridgehead atoms. The number of aromatic amines is 1. The van der Waals surface area contributed by atoms with Crippen molar-refractivity contribution < 1.29 is 4.79 Å². The van der Waals surface area contributed by atoms with Gasteiger partial charge in [0.1, 0.15) is 5.56 Å². The lowest BCUT2D eigenvalue weighted by atomic mass is 10.2. The Kier molecular flexibility index (Phi) is 1.62. The number of nitrogens with one attached hydrogen (secondary N) is 1. The number of hydrogen-bond donors (Lipinski definition) is 1. The van der Waals surface area contributed by atoms with Gasteiger partial charge in [0.05, 0.1) is 6.33 Å². The molecule has 0 aliphatic rings. The molecule has 1 aromatic rings. The summed E-state index contributed by atoms with van der Waals surface area (Å²) in [4.78, 5) is 27.2. The van der Waals surface area contributed by atoms with Crippen LogP contribution in [0.15, 0.2) is 17.3 Å². The van der Waals surface area contributed by atoms with Crippen LogP contribution in [0.3, 0.4) is 0 Å². The van der Waals surface area contributed by atoms with E-state index in [4.69, 9.17) is 0 Å². The van der Waals surface area contributed by atoms with E-state index in [0.29, 0.717) is 0 Å². The highest BCUT2D eigenvalue weighted by molar-refractivity contribution is 5.93. The number of ketones is 1. The summed E-state index contributed by atoms with van der Waals surface area (Å²) in [5, 5.41) is 0. The number of carbonyl (C=O) groups excluding carboxylic acids is 1. The van der Waals surface area contributed by atoms with Crippen LogP contribution < -0.4 is 5.56 Å². The van der Waals surface area contributed by atoms with Gasteiger partial charge in [-0.05, 0) is 6.92 Å². The Morgan fingerprint density at radius 2 is 2.40 bits per heavy atom. The van der Waals surface area contributed by atoms with Gasteiger partial charge in [0, 0.05) is 6.20 Å². The van der Waals surface area contributed by atoms with Gasteiger partial charge in [0.25, 0.3) is 5.56 Å².